The van der Waals surface area contributed by atoms with Gasteiger partial charge in [-0.3, -0.25) is 0 Å². The summed E-state index contributed by atoms with van der Waals surface area (Å²) in [6, 6.07) is 15.4. The molecule has 0 unspecified atom stereocenters. The van der Waals surface area contributed by atoms with Gasteiger partial charge in [-0.25, -0.2) is 4.79 Å². The standard InChI is InChI=1S/C18H14O3/c1-3-16(19)21-18-14-10-6-4-8-12(14)17(20-2)13-9-5-7-11-15(13)18/h3-11H,1H2,2H3. The summed E-state index contributed by atoms with van der Waals surface area (Å²) in [6.07, 6.45) is 1.16. The minimum absolute atomic E-state index is 0.476. The fourth-order valence-corrected chi connectivity index (χ4v) is 2.52. The van der Waals surface area contributed by atoms with Crippen LogP contribution in [0.15, 0.2) is 61.2 Å². The summed E-state index contributed by atoms with van der Waals surface area (Å²) in [7, 11) is 1.64. The Hall–Kier alpha value is -2.81. The minimum Gasteiger partial charge on any atom is -0.495 e. The molecule has 0 radical (unpaired) electrons. The molecule has 0 aliphatic heterocycles. The first-order valence-corrected chi connectivity index (χ1v) is 6.58. The molecule has 3 heteroatoms. The molecule has 0 bridgehead atoms. The van der Waals surface area contributed by atoms with Gasteiger partial charge in [-0.1, -0.05) is 55.1 Å². The average molecular weight is 278 g/mol. The van der Waals surface area contributed by atoms with E-state index in [1.54, 1.807) is 7.11 Å². The maximum absolute atomic E-state index is 11.7. The van der Waals surface area contributed by atoms with Gasteiger partial charge in [0.05, 0.1) is 7.11 Å². The maximum Gasteiger partial charge on any atom is 0.335 e. The molecule has 21 heavy (non-hydrogen) atoms. The van der Waals surface area contributed by atoms with E-state index < -0.39 is 5.97 Å². The van der Waals surface area contributed by atoms with Crippen LogP contribution in [-0.2, 0) is 4.79 Å². The molecule has 0 heterocycles. The first-order valence-electron chi connectivity index (χ1n) is 6.58. The highest BCUT2D eigenvalue weighted by Gasteiger charge is 2.16. The summed E-state index contributed by atoms with van der Waals surface area (Å²) in [5.41, 5.74) is 0. The smallest absolute Gasteiger partial charge is 0.335 e. The molecular formula is C18H14O3. The molecular weight excluding hydrogens is 264 g/mol. The van der Waals surface area contributed by atoms with Gasteiger partial charge in [-0.05, 0) is 0 Å². The van der Waals surface area contributed by atoms with Crippen LogP contribution in [0.2, 0.25) is 0 Å². The first-order chi connectivity index (χ1) is 10.3. The molecule has 0 saturated carbocycles. The highest BCUT2D eigenvalue weighted by Crippen LogP contribution is 2.42. The van der Waals surface area contributed by atoms with Crippen molar-refractivity contribution in [2.75, 3.05) is 7.11 Å². The molecule has 3 nitrogen and oxygen atoms in total. The number of hydrogen-bond acceptors (Lipinski definition) is 3. The lowest BCUT2D eigenvalue weighted by molar-refractivity contribution is -0.128. The number of methoxy groups -OCH3 is 1. The predicted molar refractivity (Wildman–Crippen MR) is 83.8 cm³/mol. The molecule has 0 aliphatic rings. The number of carbonyl (C=O) groups excluding carboxylic acids is 1. The van der Waals surface area contributed by atoms with E-state index in [1.807, 2.05) is 48.5 Å². The molecule has 0 aromatic heterocycles. The number of carbonyl (C=O) groups is 1. The molecule has 0 N–H and O–H groups in total. The number of rotatable bonds is 3. The summed E-state index contributed by atoms with van der Waals surface area (Å²) in [6.45, 7) is 3.45. The van der Waals surface area contributed by atoms with Crippen LogP contribution in [0.25, 0.3) is 21.5 Å². The highest BCUT2D eigenvalue weighted by molar-refractivity contribution is 6.12. The van der Waals surface area contributed by atoms with Crippen molar-refractivity contribution < 1.29 is 14.3 Å². The topological polar surface area (TPSA) is 35.5 Å². The first kappa shape index (κ1) is 13.2. The van der Waals surface area contributed by atoms with E-state index in [-0.39, 0.29) is 0 Å². The monoisotopic (exact) mass is 278 g/mol. The zero-order valence-electron chi connectivity index (χ0n) is 11.6. The highest BCUT2D eigenvalue weighted by atomic mass is 16.5. The van der Waals surface area contributed by atoms with Gasteiger partial charge >= 0.3 is 5.97 Å². The Kier molecular flexibility index (Phi) is 3.32. The average Bonchev–Trinajstić information content (AvgIpc) is 2.54. The van der Waals surface area contributed by atoms with Crippen LogP contribution in [0.5, 0.6) is 11.5 Å². The fourth-order valence-electron chi connectivity index (χ4n) is 2.52. The van der Waals surface area contributed by atoms with Gasteiger partial charge in [-0.15, -0.1) is 0 Å². The van der Waals surface area contributed by atoms with Crippen molar-refractivity contribution in [3.05, 3.63) is 61.2 Å². The quantitative estimate of drug-likeness (QED) is 0.313. The van der Waals surface area contributed by atoms with Crippen LogP contribution in [0.1, 0.15) is 0 Å². The van der Waals surface area contributed by atoms with E-state index in [2.05, 4.69) is 6.58 Å². The Bertz CT molecular complexity index is 793. The number of benzene rings is 3. The molecule has 0 atom stereocenters. The predicted octanol–water partition coefficient (Wildman–Crippen LogP) is 4.09. The van der Waals surface area contributed by atoms with Gasteiger partial charge in [0, 0.05) is 27.6 Å². The van der Waals surface area contributed by atoms with Gasteiger partial charge in [0.2, 0.25) is 0 Å². The molecule has 0 spiro atoms. The molecule has 104 valence electrons. The Morgan fingerprint density at radius 1 is 0.905 bits per heavy atom. The molecule has 0 aliphatic carbocycles. The summed E-state index contributed by atoms with van der Waals surface area (Å²) in [5.74, 6) is 0.835. The normalized spacial score (nSPS) is 10.5. The van der Waals surface area contributed by atoms with Crippen molar-refractivity contribution in [1.29, 1.82) is 0 Å². The molecule has 0 amide bonds. The van der Waals surface area contributed by atoms with Crippen LogP contribution in [0.3, 0.4) is 0 Å². The Balaban J connectivity index is 2.46. The SMILES string of the molecule is C=CC(=O)Oc1c2ccccc2c(OC)c2ccccc12. The maximum atomic E-state index is 11.7. The zero-order chi connectivity index (χ0) is 14.8. The minimum atomic E-state index is -0.476. The molecule has 0 saturated heterocycles. The van der Waals surface area contributed by atoms with Crippen molar-refractivity contribution in [1.82, 2.24) is 0 Å². The molecule has 3 aromatic carbocycles. The van der Waals surface area contributed by atoms with Gasteiger partial charge in [-0.2, -0.15) is 0 Å². The number of ether oxygens (including phenoxy) is 2. The van der Waals surface area contributed by atoms with Crippen molar-refractivity contribution in [2.24, 2.45) is 0 Å². The second-order valence-electron chi connectivity index (χ2n) is 4.58. The number of esters is 1. The van der Waals surface area contributed by atoms with E-state index in [9.17, 15) is 4.79 Å². The second kappa shape index (κ2) is 5.29. The van der Waals surface area contributed by atoms with Crippen molar-refractivity contribution in [2.45, 2.75) is 0 Å². The summed E-state index contributed by atoms with van der Waals surface area (Å²) in [5, 5.41) is 3.49. The van der Waals surface area contributed by atoms with E-state index in [1.165, 1.54) is 0 Å². The van der Waals surface area contributed by atoms with Crippen molar-refractivity contribution >= 4 is 27.5 Å². The van der Waals surface area contributed by atoms with Gasteiger partial charge in [0.25, 0.3) is 0 Å². The van der Waals surface area contributed by atoms with Crippen LogP contribution in [0, 0.1) is 0 Å². The van der Waals surface area contributed by atoms with E-state index in [0.29, 0.717) is 5.75 Å². The van der Waals surface area contributed by atoms with E-state index >= 15 is 0 Å². The largest absolute Gasteiger partial charge is 0.495 e. The summed E-state index contributed by atoms with van der Waals surface area (Å²) in [4.78, 5) is 11.7. The summed E-state index contributed by atoms with van der Waals surface area (Å²) >= 11 is 0. The number of fused-ring (bicyclic) bond motifs is 2. The van der Waals surface area contributed by atoms with Crippen LogP contribution >= 0.6 is 0 Å². The Morgan fingerprint density at radius 3 is 1.71 bits per heavy atom. The van der Waals surface area contributed by atoms with Gasteiger partial charge in [0.15, 0.2) is 0 Å². The van der Waals surface area contributed by atoms with E-state index in [4.69, 9.17) is 9.47 Å². The number of hydrogen-bond donors (Lipinski definition) is 0. The van der Waals surface area contributed by atoms with Crippen LogP contribution in [0.4, 0.5) is 0 Å². The third-order valence-electron chi connectivity index (χ3n) is 3.41. The molecule has 0 fully saturated rings. The van der Waals surface area contributed by atoms with E-state index in [0.717, 1.165) is 33.4 Å². The third-order valence-corrected chi connectivity index (χ3v) is 3.41. The molecule has 3 rings (SSSR count). The van der Waals surface area contributed by atoms with Crippen LogP contribution in [-0.4, -0.2) is 13.1 Å². The molecule has 3 aromatic rings. The lowest BCUT2D eigenvalue weighted by Crippen LogP contribution is -2.04. The van der Waals surface area contributed by atoms with Gasteiger partial charge < -0.3 is 9.47 Å². The van der Waals surface area contributed by atoms with Crippen molar-refractivity contribution in [3.8, 4) is 11.5 Å². The van der Waals surface area contributed by atoms with Gasteiger partial charge in [0.1, 0.15) is 11.5 Å². The Labute approximate surface area is 122 Å². The zero-order valence-corrected chi connectivity index (χ0v) is 11.6. The lowest BCUT2D eigenvalue weighted by Gasteiger charge is -2.14. The second-order valence-corrected chi connectivity index (χ2v) is 4.58. The third kappa shape index (κ3) is 2.13. The fraction of sp³-hybridized carbons (Fsp3) is 0.0556. The lowest BCUT2D eigenvalue weighted by atomic mass is 10.0. The van der Waals surface area contributed by atoms with Crippen molar-refractivity contribution in [3.63, 3.8) is 0 Å². The van der Waals surface area contributed by atoms with Crippen LogP contribution < -0.4 is 9.47 Å². The Morgan fingerprint density at radius 2 is 1.33 bits per heavy atom. The summed E-state index contributed by atoms with van der Waals surface area (Å²) < 4.78 is 11.0.